The number of hydrogen-bond donors (Lipinski definition) is 3. The summed E-state index contributed by atoms with van der Waals surface area (Å²) in [5, 5.41) is 16.8. The van der Waals surface area contributed by atoms with Crippen LogP contribution in [0, 0.1) is 6.92 Å². The van der Waals surface area contributed by atoms with E-state index in [1.54, 1.807) is 0 Å². The van der Waals surface area contributed by atoms with Gasteiger partial charge in [0.05, 0.1) is 12.7 Å². The molecule has 2 aromatic rings. The van der Waals surface area contributed by atoms with Gasteiger partial charge in [-0.25, -0.2) is 9.48 Å². The Balaban J connectivity index is 1.79. The number of rotatable bonds is 4. The minimum atomic E-state index is -4.78. The Bertz CT molecular complexity index is 1000. The summed E-state index contributed by atoms with van der Waals surface area (Å²) >= 11 is 0. The summed E-state index contributed by atoms with van der Waals surface area (Å²) < 4.78 is 18.7. The fraction of sp³-hybridized carbons (Fsp3) is 0.333. The highest BCUT2D eigenvalue weighted by Gasteiger charge is 2.30. The lowest BCUT2D eigenvalue weighted by Crippen LogP contribution is -2.33. The second-order valence-corrected chi connectivity index (χ2v) is 6.90. The first-order valence-corrected chi connectivity index (χ1v) is 8.55. The van der Waals surface area contributed by atoms with Crippen LogP contribution in [0.4, 0.5) is 0 Å². The molecule has 3 N–H and O–H groups in total. The Morgan fingerprint density at radius 3 is 2.80 bits per heavy atom. The van der Waals surface area contributed by atoms with Gasteiger partial charge in [-0.05, 0) is 6.92 Å². The maximum absolute atomic E-state index is 11.9. The van der Waals surface area contributed by atoms with Crippen molar-refractivity contribution in [2.75, 3.05) is 0 Å². The van der Waals surface area contributed by atoms with E-state index >= 15 is 0 Å². The molecule has 2 aromatic heterocycles. The fourth-order valence-corrected chi connectivity index (χ4v) is 2.70. The molecule has 1 unspecified atom stereocenters. The average molecular weight is 370 g/mol. The number of aromatic nitrogens is 5. The molecule has 0 aromatic carbocycles. The van der Waals surface area contributed by atoms with Crippen molar-refractivity contribution >= 4 is 13.0 Å². The summed E-state index contributed by atoms with van der Waals surface area (Å²) in [5.41, 5.74) is -1.56. The number of nitrogens with one attached hydrogen (secondary N) is 1. The molecule has 13 heteroatoms. The highest BCUT2D eigenvalue weighted by atomic mass is 31.2. The van der Waals surface area contributed by atoms with E-state index in [4.69, 9.17) is 9.63 Å². The minimum absolute atomic E-state index is 0.108. The van der Waals surface area contributed by atoms with Gasteiger partial charge in [-0.1, -0.05) is 5.21 Å². The van der Waals surface area contributed by atoms with Crippen molar-refractivity contribution in [3.05, 3.63) is 50.6 Å². The van der Waals surface area contributed by atoms with Crippen molar-refractivity contribution in [3.8, 4) is 0 Å². The zero-order valence-electron chi connectivity index (χ0n) is 12.8. The summed E-state index contributed by atoms with van der Waals surface area (Å²) in [6.45, 7) is 1.40. The number of aliphatic hydroxyl groups is 1. The summed E-state index contributed by atoms with van der Waals surface area (Å²) in [6, 6.07) is 0. The van der Waals surface area contributed by atoms with Crippen LogP contribution in [0.15, 0.2) is 33.8 Å². The van der Waals surface area contributed by atoms with Crippen LogP contribution in [0.2, 0.25) is 0 Å². The van der Waals surface area contributed by atoms with Gasteiger partial charge in [-0.15, -0.1) is 5.10 Å². The molecule has 1 aliphatic rings. The number of aromatic amines is 1. The van der Waals surface area contributed by atoms with E-state index in [-0.39, 0.29) is 17.9 Å². The number of aliphatic hydroxyl groups excluding tert-OH is 1. The Kier molecular flexibility index (Phi) is 4.21. The van der Waals surface area contributed by atoms with Crippen molar-refractivity contribution in [2.24, 2.45) is 0 Å². The standard InChI is InChI=1S/C12H14N5O7P/c1-6-3-17(12(20)13-11(6)19)10-2-7(18)8(24-10)4-16-5-9(14-15-16)25(21,22)23/h2-3,5,8,10,18H,4H2,1H3,(H,13,19,20)(H2,21,22,23)/p-1/t8-,10-/m1/s1. The van der Waals surface area contributed by atoms with Crippen molar-refractivity contribution in [1.29, 1.82) is 0 Å². The maximum atomic E-state index is 11.9. The smallest absolute Gasteiger partial charge is 0.330 e. The van der Waals surface area contributed by atoms with Gasteiger partial charge < -0.3 is 24.2 Å². The van der Waals surface area contributed by atoms with Crippen LogP contribution >= 0.6 is 7.60 Å². The normalized spacial score (nSPS) is 22.6. The first-order valence-electron chi connectivity index (χ1n) is 6.98. The van der Waals surface area contributed by atoms with E-state index in [0.29, 0.717) is 0 Å². The predicted molar refractivity (Wildman–Crippen MR) is 80.2 cm³/mol. The van der Waals surface area contributed by atoms with Crippen LogP contribution in [0.1, 0.15) is 11.8 Å². The van der Waals surface area contributed by atoms with Gasteiger partial charge in [-0.2, -0.15) is 0 Å². The summed E-state index contributed by atoms with van der Waals surface area (Å²) in [7, 11) is -4.78. The molecule has 3 atom stereocenters. The molecule has 25 heavy (non-hydrogen) atoms. The number of nitrogens with zero attached hydrogens (tertiary/aromatic N) is 4. The number of ether oxygens (including phenoxy) is 1. The average Bonchev–Trinajstić information content (AvgIpc) is 3.11. The monoisotopic (exact) mass is 370 g/mol. The summed E-state index contributed by atoms with van der Waals surface area (Å²) in [4.78, 5) is 45.3. The van der Waals surface area contributed by atoms with Gasteiger partial charge >= 0.3 is 5.69 Å². The van der Waals surface area contributed by atoms with E-state index in [1.165, 1.54) is 19.2 Å². The molecule has 3 rings (SSSR count). The molecule has 0 saturated heterocycles. The van der Waals surface area contributed by atoms with Crippen molar-refractivity contribution in [2.45, 2.75) is 25.8 Å². The van der Waals surface area contributed by atoms with Gasteiger partial charge in [-0.3, -0.25) is 14.3 Å². The summed E-state index contributed by atoms with van der Waals surface area (Å²) in [5.74, 6) is -0.202. The third-order valence-corrected chi connectivity index (χ3v) is 4.32. The lowest BCUT2D eigenvalue weighted by Gasteiger charge is -2.16. The highest BCUT2D eigenvalue weighted by Crippen LogP contribution is 2.27. The van der Waals surface area contributed by atoms with Crippen LogP contribution in [0.3, 0.4) is 0 Å². The largest absolute Gasteiger partial charge is 0.774 e. The molecule has 134 valence electrons. The number of hydrogen-bond acceptors (Lipinski definition) is 8. The van der Waals surface area contributed by atoms with Crippen LogP contribution in [-0.4, -0.2) is 40.6 Å². The Morgan fingerprint density at radius 2 is 2.16 bits per heavy atom. The molecule has 0 amide bonds. The molecule has 0 radical (unpaired) electrons. The number of H-pyrrole nitrogens is 1. The topological polar surface area (TPSA) is 175 Å². The maximum Gasteiger partial charge on any atom is 0.330 e. The zero-order chi connectivity index (χ0) is 18.4. The van der Waals surface area contributed by atoms with Crippen LogP contribution < -0.4 is 21.6 Å². The van der Waals surface area contributed by atoms with Crippen molar-refractivity contribution < 1.29 is 24.2 Å². The van der Waals surface area contributed by atoms with Crippen molar-refractivity contribution in [1.82, 2.24) is 24.5 Å². The van der Waals surface area contributed by atoms with Gasteiger partial charge in [0, 0.05) is 17.8 Å². The van der Waals surface area contributed by atoms with Gasteiger partial charge in [0.1, 0.15) is 11.9 Å². The Hall–Kier alpha value is -2.53. The first-order chi connectivity index (χ1) is 11.6. The molecule has 1 aliphatic heterocycles. The van der Waals surface area contributed by atoms with E-state index in [9.17, 15) is 24.2 Å². The minimum Gasteiger partial charge on any atom is -0.774 e. The van der Waals surface area contributed by atoms with Gasteiger partial charge in [0.2, 0.25) is 0 Å². The Morgan fingerprint density at radius 1 is 1.44 bits per heavy atom. The SMILES string of the molecule is Cc1cn([C@H]2C=C(O)[C@@H](Cn3cc(P(=O)([O-])O)nn3)O2)c(=O)[nH]c1=O. The fourth-order valence-electron chi connectivity index (χ4n) is 2.27. The Labute approximate surface area is 139 Å². The molecule has 0 bridgehead atoms. The molecule has 0 saturated carbocycles. The number of aryl methyl sites for hydroxylation is 1. The lowest BCUT2D eigenvalue weighted by atomic mass is 10.3. The molecule has 12 nitrogen and oxygen atoms in total. The van der Waals surface area contributed by atoms with E-state index < -0.39 is 36.6 Å². The van der Waals surface area contributed by atoms with E-state index in [2.05, 4.69) is 15.3 Å². The van der Waals surface area contributed by atoms with E-state index in [1.807, 2.05) is 0 Å². The quantitative estimate of drug-likeness (QED) is 0.497. The molecule has 0 aliphatic carbocycles. The van der Waals surface area contributed by atoms with Crippen LogP contribution in [-0.2, 0) is 15.8 Å². The first kappa shape index (κ1) is 17.3. The second-order valence-electron chi connectivity index (χ2n) is 5.40. The van der Waals surface area contributed by atoms with E-state index in [0.717, 1.165) is 15.4 Å². The molecular weight excluding hydrogens is 357 g/mol. The molecule has 0 spiro atoms. The predicted octanol–water partition coefficient (Wildman–Crippen LogP) is -2.35. The lowest BCUT2D eigenvalue weighted by molar-refractivity contribution is -0.189. The third kappa shape index (κ3) is 3.46. The molecule has 0 fully saturated rings. The third-order valence-electron chi connectivity index (χ3n) is 3.54. The summed E-state index contributed by atoms with van der Waals surface area (Å²) in [6.07, 6.45) is 1.66. The molecular formula is C12H13N5O7P-. The van der Waals surface area contributed by atoms with Crippen LogP contribution in [0.5, 0.6) is 0 Å². The second kappa shape index (κ2) is 6.08. The highest BCUT2D eigenvalue weighted by molar-refractivity contribution is 7.58. The van der Waals surface area contributed by atoms with Crippen molar-refractivity contribution in [3.63, 3.8) is 0 Å². The molecule has 3 heterocycles. The van der Waals surface area contributed by atoms with Crippen LogP contribution in [0.25, 0.3) is 0 Å². The zero-order valence-corrected chi connectivity index (χ0v) is 13.7. The van der Waals surface area contributed by atoms with Gasteiger partial charge in [0.15, 0.2) is 19.3 Å². The van der Waals surface area contributed by atoms with Gasteiger partial charge in [0.25, 0.3) is 5.56 Å².